The van der Waals surface area contributed by atoms with Gasteiger partial charge in [0.25, 0.3) is 11.5 Å². The molecule has 34 heavy (non-hydrogen) atoms. The predicted octanol–water partition coefficient (Wildman–Crippen LogP) is 1.23. The molecule has 3 heterocycles. The SMILES string of the molecule is CCOC(=O)c1ccc(NC(=O)CN2C(=O)C(=c3sc4ncnn4c3=O)c3ccccc32)cc1. The number of esters is 1. The number of nitrogens with one attached hydrogen (secondary N) is 1. The Labute approximate surface area is 196 Å². The van der Waals surface area contributed by atoms with Gasteiger partial charge in [0.05, 0.1) is 23.4 Å². The average molecular weight is 475 g/mol. The molecule has 0 aliphatic carbocycles. The third kappa shape index (κ3) is 3.61. The number of carbonyl (C=O) groups excluding carboxylic acids is 3. The maximum absolute atomic E-state index is 13.4. The van der Waals surface area contributed by atoms with Gasteiger partial charge in [-0.1, -0.05) is 29.5 Å². The summed E-state index contributed by atoms with van der Waals surface area (Å²) in [5, 5.41) is 6.63. The zero-order valence-electron chi connectivity index (χ0n) is 17.8. The fourth-order valence-electron chi connectivity index (χ4n) is 3.73. The Hall–Kier alpha value is -4.38. The van der Waals surface area contributed by atoms with Gasteiger partial charge in [0, 0.05) is 11.3 Å². The van der Waals surface area contributed by atoms with Gasteiger partial charge in [-0.2, -0.15) is 9.61 Å². The Balaban J connectivity index is 1.42. The van der Waals surface area contributed by atoms with Crippen molar-refractivity contribution in [1.29, 1.82) is 0 Å². The van der Waals surface area contributed by atoms with Crippen LogP contribution in [0.2, 0.25) is 0 Å². The van der Waals surface area contributed by atoms with E-state index < -0.39 is 23.3 Å². The van der Waals surface area contributed by atoms with Gasteiger partial charge >= 0.3 is 5.97 Å². The molecule has 2 aromatic heterocycles. The molecule has 4 aromatic rings. The lowest BCUT2D eigenvalue weighted by Crippen LogP contribution is -2.37. The second kappa shape index (κ2) is 8.52. The quantitative estimate of drug-likeness (QED) is 0.431. The highest BCUT2D eigenvalue weighted by molar-refractivity contribution is 7.15. The summed E-state index contributed by atoms with van der Waals surface area (Å²) in [5.41, 5.74) is 1.74. The molecule has 2 amide bonds. The van der Waals surface area contributed by atoms with Crippen molar-refractivity contribution < 1.29 is 19.1 Å². The predicted molar refractivity (Wildman–Crippen MR) is 125 cm³/mol. The van der Waals surface area contributed by atoms with Gasteiger partial charge in [-0.15, -0.1) is 0 Å². The molecule has 1 N–H and O–H groups in total. The highest BCUT2D eigenvalue weighted by Crippen LogP contribution is 2.35. The summed E-state index contributed by atoms with van der Waals surface area (Å²) < 4.78 is 6.33. The van der Waals surface area contributed by atoms with Crippen molar-refractivity contribution >= 4 is 51.0 Å². The van der Waals surface area contributed by atoms with Crippen molar-refractivity contribution in [3.8, 4) is 0 Å². The van der Waals surface area contributed by atoms with Gasteiger partial charge in [0.2, 0.25) is 10.9 Å². The van der Waals surface area contributed by atoms with E-state index in [1.54, 1.807) is 55.5 Å². The van der Waals surface area contributed by atoms with Crippen molar-refractivity contribution in [2.24, 2.45) is 0 Å². The summed E-state index contributed by atoms with van der Waals surface area (Å²) in [5.74, 6) is -1.33. The molecule has 5 rings (SSSR count). The molecule has 2 aromatic carbocycles. The maximum atomic E-state index is 13.4. The molecule has 0 saturated heterocycles. The van der Waals surface area contributed by atoms with Gasteiger partial charge < -0.3 is 10.1 Å². The van der Waals surface area contributed by atoms with Gasteiger partial charge in [-0.3, -0.25) is 19.3 Å². The Morgan fingerprint density at radius 3 is 2.59 bits per heavy atom. The summed E-state index contributed by atoms with van der Waals surface area (Å²) in [6.07, 6.45) is 1.28. The van der Waals surface area contributed by atoms with E-state index in [4.69, 9.17) is 4.74 Å². The van der Waals surface area contributed by atoms with Crippen LogP contribution < -0.4 is 20.3 Å². The lowest BCUT2D eigenvalue weighted by Gasteiger charge is -2.16. The molecule has 0 spiro atoms. The molecule has 170 valence electrons. The molecule has 0 bridgehead atoms. The van der Waals surface area contributed by atoms with E-state index in [2.05, 4.69) is 15.4 Å². The number of benzene rings is 2. The Bertz CT molecular complexity index is 1560. The molecule has 0 atom stereocenters. The number of hydrogen-bond acceptors (Lipinski definition) is 8. The highest BCUT2D eigenvalue weighted by atomic mass is 32.1. The van der Waals surface area contributed by atoms with Crippen LogP contribution in [0.3, 0.4) is 0 Å². The number of anilines is 2. The number of ether oxygens (including phenoxy) is 1. The Morgan fingerprint density at radius 1 is 1.09 bits per heavy atom. The maximum Gasteiger partial charge on any atom is 0.338 e. The molecule has 1 aliphatic rings. The number of para-hydroxylation sites is 1. The summed E-state index contributed by atoms with van der Waals surface area (Å²) in [4.78, 5) is 56.5. The summed E-state index contributed by atoms with van der Waals surface area (Å²) in [7, 11) is 0. The van der Waals surface area contributed by atoms with Crippen LogP contribution in [0.1, 0.15) is 22.8 Å². The van der Waals surface area contributed by atoms with E-state index in [9.17, 15) is 19.2 Å². The summed E-state index contributed by atoms with van der Waals surface area (Å²) >= 11 is 1.08. The first kappa shape index (κ1) is 21.5. The Morgan fingerprint density at radius 2 is 1.85 bits per heavy atom. The van der Waals surface area contributed by atoms with E-state index >= 15 is 0 Å². The second-order valence-corrected chi connectivity index (χ2v) is 8.30. The molecule has 0 unspecified atom stereocenters. The normalized spacial score (nSPS) is 14.4. The van der Waals surface area contributed by atoms with Crippen LogP contribution >= 0.6 is 11.3 Å². The topological polar surface area (TPSA) is 123 Å². The number of hydrogen-bond donors (Lipinski definition) is 1. The molecular weight excluding hydrogens is 458 g/mol. The van der Waals surface area contributed by atoms with Crippen LogP contribution in [0, 0.1) is 0 Å². The van der Waals surface area contributed by atoms with Gasteiger partial charge in [-0.05, 0) is 37.3 Å². The first-order chi connectivity index (χ1) is 16.5. The third-order valence-electron chi connectivity index (χ3n) is 5.23. The van der Waals surface area contributed by atoms with Crippen molar-refractivity contribution in [3.63, 3.8) is 0 Å². The number of nitrogens with zero attached hydrogens (tertiary/aromatic N) is 4. The average Bonchev–Trinajstić information content (AvgIpc) is 3.49. The van der Waals surface area contributed by atoms with Crippen molar-refractivity contribution in [2.75, 3.05) is 23.4 Å². The molecule has 10 nitrogen and oxygen atoms in total. The van der Waals surface area contributed by atoms with Gasteiger partial charge in [0.1, 0.15) is 17.4 Å². The molecular formula is C23H17N5O5S. The van der Waals surface area contributed by atoms with Crippen molar-refractivity contribution in [1.82, 2.24) is 14.6 Å². The minimum Gasteiger partial charge on any atom is -0.462 e. The van der Waals surface area contributed by atoms with E-state index in [1.165, 1.54) is 11.2 Å². The lowest BCUT2D eigenvalue weighted by atomic mass is 10.1. The molecule has 1 aliphatic heterocycles. The van der Waals surface area contributed by atoms with Gasteiger partial charge in [-0.25, -0.2) is 9.78 Å². The first-order valence-corrected chi connectivity index (χ1v) is 11.1. The highest BCUT2D eigenvalue weighted by Gasteiger charge is 2.35. The number of amides is 2. The standard InChI is InChI=1S/C23H17N5O5S/c1-2-33-22(32)13-7-9-14(10-8-13)26-17(29)11-27-16-6-4-3-5-15(16)18(20(27)30)19-21(31)28-23(34-19)24-12-25-28/h3-10,12H,2,11H2,1H3,(H,26,29). The van der Waals surface area contributed by atoms with E-state index in [1.807, 2.05) is 0 Å². The lowest BCUT2D eigenvalue weighted by molar-refractivity contribution is -0.118. The zero-order chi connectivity index (χ0) is 23.8. The Kier molecular flexibility index (Phi) is 5.38. The van der Waals surface area contributed by atoms with Crippen LogP contribution in [0.5, 0.6) is 0 Å². The summed E-state index contributed by atoms with van der Waals surface area (Å²) in [6, 6.07) is 13.3. The van der Waals surface area contributed by atoms with E-state index in [0.717, 1.165) is 15.9 Å². The molecule has 0 radical (unpaired) electrons. The first-order valence-electron chi connectivity index (χ1n) is 10.3. The second-order valence-electron chi connectivity index (χ2n) is 7.32. The van der Waals surface area contributed by atoms with E-state index in [-0.39, 0.29) is 23.3 Å². The van der Waals surface area contributed by atoms with Crippen LogP contribution in [0.15, 0.2) is 59.7 Å². The largest absolute Gasteiger partial charge is 0.462 e. The van der Waals surface area contributed by atoms with Crippen molar-refractivity contribution in [2.45, 2.75) is 6.92 Å². The smallest absolute Gasteiger partial charge is 0.338 e. The van der Waals surface area contributed by atoms with Crippen LogP contribution in [0.4, 0.5) is 11.4 Å². The monoisotopic (exact) mass is 475 g/mol. The number of carbonyl (C=O) groups is 3. The zero-order valence-corrected chi connectivity index (χ0v) is 18.7. The fraction of sp³-hybridized carbons (Fsp3) is 0.130. The number of aromatic nitrogens is 3. The number of fused-ring (bicyclic) bond motifs is 2. The molecule has 0 saturated carbocycles. The summed E-state index contributed by atoms with van der Waals surface area (Å²) in [6.45, 7) is 1.73. The van der Waals surface area contributed by atoms with Crippen LogP contribution in [-0.4, -0.2) is 45.5 Å². The van der Waals surface area contributed by atoms with Crippen LogP contribution in [0.25, 0.3) is 10.5 Å². The van der Waals surface area contributed by atoms with E-state index in [0.29, 0.717) is 27.5 Å². The minimum atomic E-state index is -0.449. The fourth-order valence-corrected chi connectivity index (χ4v) is 4.71. The molecule has 11 heteroatoms. The third-order valence-corrected chi connectivity index (χ3v) is 6.27. The molecule has 0 fully saturated rings. The van der Waals surface area contributed by atoms with Gasteiger partial charge in [0.15, 0.2) is 0 Å². The number of thiazole rings is 1. The van der Waals surface area contributed by atoms with Crippen molar-refractivity contribution in [3.05, 3.63) is 80.9 Å². The van der Waals surface area contributed by atoms with Crippen LogP contribution in [-0.2, 0) is 14.3 Å². The minimum absolute atomic E-state index is 0.226. The number of rotatable bonds is 5.